The number of benzene rings is 1. The minimum Gasteiger partial charge on any atom is -0.486 e. The van der Waals surface area contributed by atoms with Gasteiger partial charge in [0, 0.05) is 25.5 Å². The second kappa shape index (κ2) is 9.07. The summed E-state index contributed by atoms with van der Waals surface area (Å²) >= 11 is 0. The highest BCUT2D eigenvalue weighted by Gasteiger charge is 2.11. The van der Waals surface area contributed by atoms with Gasteiger partial charge in [-0.05, 0) is 48.2 Å². The van der Waals surface area contributed by atoms with E-state index in [1.54, 1.807) is 18.3 Å². The van der Waals surface area contributed by atoms with Crippen LogP contribution in [0, 0.1) is 0 Å². The van der Waals surface area contributed by atoms with Crippen molar-refractivity contribution in [1.29, 1.82) is 0 Å². The standard InChI is InChI=1S/C21H25N3O3/c1-16(2)17-5-7-18(8-6-17)26-15-19-9-10-20(27-19)21(25)22-11-3-13-24-14-4-12-23-24/h4-10,12,14,16H,3,11,13,15H2,1-2H3,(H,22,25). The normalized spacial score (nSPS) is 10.9. The van der Waals surface area contributed by atoms with Crippen LogP contribution in [0.3, 0.4) is 0 Å². The van der Waals surface area contributed by atoms with Crippen LogP contribution in [0.2, 0.25) is 0 Å². The molecule has 6 heteroatoms. The number of aromatic nitrogens is 2. The van der Waals surface area contributed by atoms with Crippen LogP contribution < -0.4 is 10.1 Å². The Morgan fingerprint density at radius 1 is 1.22 bits per heavy atom. The summed E-state index contributed by atoms with van der Waals surface area (Å²) in [7, 11) is 0. The number of hydrogen-bond donors (Lipinski definition) is 1. The fourth-order valence-corrected chi connectivity index (χ4v) is 2.64. The van der Waals surface area contributed by atoms with Crippen molar-refractivity contribution in [2.75, 3.05) is 6.54 Å². The molecule has 142 valence electrons. The highest BCUT2D eigenvalue weighted by atomic mass is 16.5. The third-order valence-electron chi connectivity index (χ3n) is 4.22. The van der Waals surface area contributed by atoms with Crippen LogP contribution in [0.4, 0.5) is 0 Å². The van der Waals surface area contributed by atoms with Crippen LogP contribution in [0.5, 0.6) is 5.75 Å². The van der Waals surface area contributed by atoms with E-state index in [2.05, 4.69) is 36.4 Å². The maximum absolute atomic E-state index is 12.1. The van der Waals surface area contributed by atoms with Gasteiger partial charge in [-0.3, -0.25) is 9.48 Å². The molecular formula is C21H25N3O3. The van der Waals surface area contributed by atoms with Crippen molar-refractivity contribution < 1.29 is 13.9 Å². The summed E-state index contributed by atoms with van der Waals surface area (Å²) in [5, 5.41) is 6.98. The van der Waals surface area contributed by atoms with Gasteiger partial charge < -0.3 is 14.5 Å². The third-order valence-corrected chi connectivity index (χ3v) is 4.22. The van der Waals surface area contributed by atoms with Gasteiger partial charge in [0.1, 0.15) is 18.1 Å². The lowest BCUT2D eigenvalue weighted by Crippen LogP contribution is -2.24. The summed E-state index contributed by atoms with van der Waals surface area (Å²) in [6, 6.07) is 13.3. The fourth-order valence-electron chi connectivity index (χ4n) is 2.64. The molecule has 3 rings (SSSR count). The number of ether oxygens (including phenoxy) is 1. The monoisotopic (exact) mass is 367 g/mol. The van der Waals surface area contributed by atoms with Gasteiger partial charge in [-0.1, -0.05) is 26.0 Å². The first-order valence-corrected chi connectivity index (χ1v) is 9.19. The number of carbonyl (C=O) groups is 1. The van der Waals surface area contributed by atoms with Crippen LogP contribution in [0.25, 0.3) is 0 Å². The Balaban J connectivity index is 1.42. The second-order valence-electron chi connectivity index (χ2n) is 6.66. The summed E-state index contributed by atoms with van der Waals surface area (Å²) in [4.78, 5) is 12.1. The number of rotatable bonds is 9. The average Bonchev–Trinajstić information content (AvgIpc) is 3.35. The number of hydrogen-bond acceptors (Lipinski definition) is 4. The van der Waals surface area contributed by atoms with E-state index in [0.29, 0.717) is 24.0 Å². The van der Waals surface area contributed by atoms with Crippen molar-refractivity contribution in [3.05, 3.63) is 71.9 Å². The predicted molar refractivity (Wildman–Crippen MR) is 103 cm³/mol. The zero-order valence-electron chi connectivity index (χ0n) is 15.7. The van der Waals surface area contributed by atoms with Crippen LogP contribution in [-0.2, 0) is 13.2 Å². The Morgan fingerprint density at radius 2 is 2.04 bits per heavy atom. The van der Waals surface area contributed by atoms with Crippen LogP contribution >= 0.6 is 0 Å². The van der Waals surface area contributed by atoms with Gasteiger partial charge >= 0.3 is 0 Å². The average molecular weight is 367 g/mol. The van der Waals surface area contributed by atoms with Crippen LogP contribution in [-0.4, -0.2) is 22.2 Å². The summed E-state index contributed by atoms with van der Waals surface area (Å²) in [6.07, 6.45) is 4.44. The summed E-state index contributed by atoms with van der Waals surface area (Å²) < 4.78 is 13.1. The molecule has 0 aliphatic rings. The van der Waals surface area contributed by atoms with E-state index in [0.717, 1.165) is 18.7 Å². The van der Waals surface area contributed by atoms with Crippen molar-refractivity contribution in [3.8, 4) is 5.75 Å². The molecule has 3 aromatic rings. The number of carbonyl (C=O) groups excluding carboxylic acids is 1. The van der Waals surface area contributed by atoms with Gasteiger partial charge in [-0.2, -0.15) is 5.10 Å². The molecule has 0 aliphatic carbocycles. The molecule has 1 amide bonds. The molecule has 0 fully saturated rings. The fraction of sp³-hybridized carbons (Fsp3) is 0.333. The lowest BCUT2D eigenvalue weighted by molar-refractivity contribution is 0.0921. The summed E-state index contributed by atoms with van der Waals surface area (Å²) in [5.74, 6) is 1.96. The van der Waals surface area contributed by atoms with Crippen LogP contribution in [0.15, 0.2) is 59.3 Å². The van der Waals surface area contributed by atoms with Crippen molar-refractivity contribution in [1.82, 2.24) is 15.1 Å². The molecule has 0 unspecified atom stereocenters. The quantitative estimate of drug-likeness (QED) is 0.581. The molecule has 27 heavy (non-hydrogen) atoms. The molecule has 0 atom stereocenters. The van der Waals surface area contributed by atoms with E-state index in [-0.39, 0.29) is 12.5 Å². The van der Waals surface area contributed by atoms with E-state index in [9.17, 15) is 4.79 Å². The first kappa shape index (κ1) is 18.8. The lowest BCUT2D eigenvalue weighted by Gasteiger charge is -2.08. The minimum atomic E-state index is -0.219. The Kier molecular flexibility index (Phi) is 6.30. The molecule has 0 saturated carbocycles. The molecule has 6 nitrogen and oxygen atoms in total. The largest absolute Gasteiger partial charge is 0.486 e. The van der Waals surface area contributed by atoms with Gasteiger partial charge in [0.15, 0.2) is 5.76 Å². The molecule has 0 aliphatic heterocycles. The first-order valence-electron chi connectivity index (χ1n) is 9.19. The first-order chi connectivity index (χ1) is 13.1. The molecule has 0 saturated heterocycles. The smallest absolute Gasteiger partial charge is 0.286 e. The van der Waals surface area contributed by atoms with Crippen molar-refractivity contribution in [2.45, 2.75) is 39.3 Å². The third kappa shape index (κ3) is 5.48. The number of aryl methyl sites for hydroxylation is 1. The van der Waals surface area contributed by atoms with E-state index in [4.69, 9.17) is 9.15 Å². The SMILES string of the molecule is CC(C)c1ccc(OCc2ccc(C(=O)NCCCn3cccn3)o2)cc1. The van der Waals surface area contributed by atoms with Crippen molar-refractivity contribution in [3.63, 3.8) is 0 Å². The molecule has 0 bridgehead atoms. The molecule has 2 heterocycles. The minimum absolute atomic E-state index is 0.219. The predicted octanol–water partition coefficient (Wildman–Crippen LogP) is 4.00. The van der Waals surface area contributed by atoms with Gasteiger partial charge in [0.05, 0.1) is 0 Å². The number of furan rings is 1. The van der Waals surface area contributed by atoms with Gasteiger partial charge in [0.2, 0.25) is 0 Å². The number of nitrogens with zero attached hydrogens (tertiary/aromatic N) is 2. The van der Waals surface area contributed by atoms with Crippen molar-refractivity contribution in [2.24, 2.45) is 0 Å². The maximum Gasteiger partial charge on any atom is 0.286 e. The van der Waals surface area contributed by atoms with Gasteiger partial charge in [-0.15, -0.1) is 0 Å². The highest BCUT2D eigenvalue weighted by molar-refractivity contribution is 5.91. The zero-order valence-corrected chi connectivity index (χ0v) is 15.7. The Bertz CT molecular complexity index is 836. The zero-order chi connectivity index (χ0) is 19.1. The molecule has 0 spiro atoms. The molecule has 1 aromatic carbocycles. The number of nitrogens with one attached hydrogen (secondary N) is 1. The van der Waals surface area contributed by atoms with Crippen LogP contribution in [0.1, 0.15) is 48.1 Å². The molecule has 1 N–H and O–H groups in total. The van der Waals surface area contributed by atoms with Crippen molar-refractivity contribution >= 4 is 5.91 Å². The molecule has 2 aromatic heterocycles. The maximum atomic E-state index is 12.1. The Hall–Kier alpha value is -3.02. The molecular weight excluding hydrogens is 342 g/mol. The summed E-state index contributed by atoms with van der Waals surface area (Å²) in [6.45, 7) is 5.92. The summed E-state index contributed by atoms with van der Waals surface area (Å²) in [5.41, 5.74) is 1.27. The Labute approximate surface area is 159 Å². The highest BCUT2D eigenvalue weighted by Crippen LogP contribution is 2.20. The van der Waals surface area contributed by atoms with Gasteiger partial charge in [-0.25, -0.2) is 0 Å². The second-order valence-corrected chi connectivity index (χ2v) is 6.66. The van der Waals surface area contributed by atoms with E-state index in [1.807, 2.05) is 29.1 Å². The Morgan fingerprint density at radius 3 is 2.74 bits per heavy atom. The topological polar surface area (TPSA) is 69.3 Å². The molecule has 0 radical (unpaired) electrons. The van der Waals surface area contributed by atoms with E-state index >= 15 is 0 Å². The lowest BCUT2D eigenvalue weighted by atomic mass is 10.0. The van der Waals surface area contributed by atoms with Gasteiger partial charge in [0.25, 0.3) is 5.91 Å². The van der Waals surface area contributed by atoms with E-state index < -0.39 is 0 Å². The van der Waals surface area contributed by atoms with E-state index in [1.165, 1.54) is 5.56 Å². The number of amides is 1.